The summed E-state index contributed by atoms with van der Waals surface area (Å²) in [7, 11) is 2.25. The molecule has 1 aromatic rings. The SMILES string of the molecule is CN(CCc1cccs1)CC1(C)CCCCN1. The molecule has 2 heterocycles. The average Bonchev–Trinajstić information content (AvgIpc) is 2.79. The second kappa shape index (κ2) is 5.98. The maximum atomic E-state index is 3.68. The summed E-state index contributed by atoms with van der Waals surface area (Å²) < 4.78 is 0. The monoisotopic (exact) mass is 252 g/mol. The van der Waals surface area contributed by atoms with E-state index in [0.29, 0.717) is 5.54 Å². The van der Waals surface area contributed by atoms with Gasteiger partial charge >= 0.3 is 0 Å². The molecule has 2 rings (SSSR count). The molecule has 1 aliphatic rings. The first-order chi connectivity index (χ1) is 8.18. The lowest BCUT2D eigenvalue weighted by molar-refractivity contribution is 0.188. The zero-order valence-corrected chi connectivity index (χ0v) is 11.9. The molecule has 0 spiro atoms. The molecule has 1 saturated heterocycles. The Morgan fingerprint density at radius 2 is 2.35 bits per heavy atom. The van der Waals surface area contributed by atoms with Gasteiger partial charge in [-0.05, 0) is 51.2 Å². The number of likely N-dealkylation sites (N-methyl/N-ethyl adjacent to an activating group) is 1. The third kappa shape index (κ3) is 4.09. The molecule has 0 bridgehead atoms. The highest BCUT2D eigenvalue weighted by Gasteiger charge is 2.27. The smallest absolute Gasteiger partial charge is 0.0280 e. The lowest BCUT2D eigenvalue weighted by Crippen LogP contribution is -2.53. The van der Waals surface area contributed by atoms with E-state index < -0.39 is 0 Å². The Morgan fingerprint density at radius 1 is 1.47 bits per heavy atom. The van der Waals surface area contributed by atoms with E-state index in [1.54, 1.807) is 0 Å². The molecule has 0 radical (unpaired) electrons. The first-order valence-corrected chi connectivity index (χ1v) is 7.52. The van der Waals surface area contributed by atoms with E-state index >= 15 is 0 Å². The largest absolute Gasteiger partial charge is 0.310 e. The topological polar surface area (TPSA) is 15.3 Å². The number of rotatable bonds is 5. The third-order valence-corrected chi connectivity index (χ3v) is 4.58. The summed E-state index contributed by atoms with van der Waals surface area (Å²) in [4.78, 5) is 3.97. The predicted molar refractivity (Wildman–Crippen MR) is 75.8 cm³/mol. The van der Waals surface area contributed by atoms with Crippen LogP contribution in [-0.4, -0.2) is 37.1 Å². The Balaban J connectivity index is 1.74. The predicted octanol–water partition coefficient (Wildman–Crippen LogP) is 2.75. The van der Waals surface area contributed by atoms with Crippen LogP contribution in [0.1, 0.15) is 31.1 Å². The van der Waals surface area contributed by atoms with Crippen LogP contribution in [0.3, 0.4) is 0 Å². The van der Waals surface area contributed by atoms with Gasteiger partial charge in [0.15, 0.2) is 0 Å². The Bertz CT molecular complexity index is 315. The highest BCUT2D eigenvalue weighted by Crippen LogP contribution is 2.19. The Hall–Kier alpha value is -0.380. The first kappa shape index (κ1) is 13.1. The number of hydrogen-bond acceptors (Lipinski definition) is 3. The van der Waals surface area contributed by atoms with Crippen molar-refractivity contribution in [2.75, 3.05) is 26.7 Å². The molecule has 1 unspecified atom stereocenters. The van der Waals surface area contributed by atoms with Crippen molar-refractivity contribution in [3.63, 3.8) is 0 Å². The summed E-state index contributed by atoms with van der Waals surface area (Å²) in [5, 5.41) is 5.85. The molecule has 0 saturated carbocycles. The van der Waals surface area contributed by atoms with Crippen molar-refractivity contribution in [1.29, 1.82) is 0 Å². The molecule has 0 aromatic carbocycles. The Labute approximate surface area is 109 Å². The fraction of sp³-hybridized carbons (Fsp3) is 0.714. The molecule has 17 heavy (non-hydrogen) atoms. The van der Waals surface area contributed by atoms with Gasteiger partial charge in [0.1, 0.15) is 0 Å². The van der Waals surface area contributed by atoms with E-state index in [1.165, 1.54) is 43.6 Å². The molecular formula is C14H24N2S. The summed E-state index contributed by atoms with van der Waals surface area (Å²) >= 11 is 1.87. The van der Waals surface area contributed by atoms with E-state index in [-0.39, 0.29) is 0 Å². The van der Waals surface area contributed by atoms with Crippen molar-refractivity contribution in [2.45, 2.75) is 38.1 Å². The van der Waals surface area contributed by atoms with Crippen LogP contribution < -0.4 is 5.32 Å². The van der Waals surface area contributed by atoms with Gasteiger partial charge in [-0.2, -0.15) is 0 Å². The number of thiophene rings is 1. The van der Waals surface area contributed by atoms with E-state index in [9.17, 15) is 0 Å². The van der Waals surface area contributed by atoms with Gasteiger partial charge < -0.3 is 10.2 Å². The molecule has 96 valence electrons. The van der Waals surface area contributed by atoms with Gasteiger partial charge in [0.05, 0.1) is 0 Å². The number of nitrogens with one attached hydrogen (secondary N) is 1. The van der Waals surface area contributed by atoms with Crippen molar-refractivity contribution in [2.24, 2.45) is 0 Å². The maximum Gasteiger partial charge on any atom is 0.0280 e. The van der Waals surface area contributed by atoms with Crippen LogP contribution >= 0.6 is 11.3 Å². The molecule has 1 atom stereocenters. The van der Waals surface area contributed by atoms with Gasteiger partial charge in [0.25, 0.3) is 0 Å². The minimum atomic E-state index is 0.336. The van der Waals surface area contributed by atoms with Crippen LogP contribution in [0.5, 0.6) is 0 Å². The minimum Gasteiger partial charge on any atom is -0.310 e. The lowest BCUT2D eigenvalue weighted by atomic mass is 9.90. The maximum absolute atomic E-state index is 3.68. The summed E-state index contributed by atoms with van der Waals surface area (Å²) in [5.41, 5.74) is 0.336. The van der Waals surface area contributed by atoms with Crippen LogP contribution in [0.15, 0.2) is 17.5 Å². The molecule has 1 N–H and O–H groups in total. The number of hydrogen-bond donors (Lipinski definition) is 1. The normalized spacial score (nSPS) is 25.4. The molecule has 3 heteroatoms. The van der Waals surface area contributed by atoms with Crippen molar-refractivity contribution in [3.8, 4) is 0 Å². The fourth-order valence-corrected chi connectivity index (χ4v) is 3.38. The van der Waals surface area contributed by atoms with Gasteiger partial charge in [-0.15, -0.1) is 11.3 Å². The first-order valence-electron chi connectivity index (χ1n) is 6.64. The quantitative estimate of drug-likeness (QED) is 0.867. The molecule has 0 aliphatic carbocycles. The second-order valence-corrected chi connectivity index (χ2v) is 6.54. The average molecular weight is 252 g/mol. The summed E-state index contributed by atoms with van der Waals surface area (Å²) in [5.74, 6) is 0. The van der Waals surface area contributed by atoms with Crippen LogP contribution in [-0.2, 0) is 6.42 Å². The number of nitrogens with zero attached hydrogens (tertiary/aromatic N) is 1. The Morgan fingerprint density at radius 3 is 3.00 bits per heavy atom. The molecular weight excluding hydrogens is 228 g/mol. The molecule has 2 nitrogen and oxygen atoms in total. The lowest BCUT2D eigenvalue weighted by Gasteiger charge is -2.38. The standard InChI is InChI=1S/C14H24N2S/c1-14(8-3-4-9-15-14)12-16(2)10-7-13-6-5-11-17-13/h5-6,11,15H,3-4,7-10,12H2,1-2H3. The zero-order valence-electron chi connectivity index (χ0n) is 11.0. The van der Waals surface area contributed by atoms with Gasteiger partial charge in [-0.3, -0.25) is 0 Å². The van der Waals surface area contributed by atoms with Crippen molar-refractivity contribution >= 4 is 11.3 Å². The number of piperidine rings is 1. The van der Waals surface area contributed by atoms with Crippen molar-refractivity contribution in [1.82, 2.24) is 10.2 Å². The third-order valence-electron chi connectivity index (χ3n) is 3.65. The molecule has 0 amide bonds. The minimum absolute atomic E-state index is 0.336. The fourth-order valence-electron chi connectivity index (χ4n) is 2.68. The van der Waals surface area contributed by atoms with Crippen LogP contribution in [0.2, 0.25) is 0 Å². The van der Waals surface area contributed by atoms with Crippen molar-refractivity contribution < 1.29 is 0 Å². The van der Waals surface area contributed by atoms with E-state index in [1.807, 2.05) is 11.3 Å². The summed E-state index contributed by atoms with van der Waals surface area (Å²) in [6, 6.07) is 4.38. The second-order valence-electron chi connectivity index (χ2n) is 5.51. The van der Waals surface area contributed by atoms with E-state index in [0.717, 1.165) is 6.54 Å². The van der Waals surface area contributed by atoms with Crippen LogP contribution in [0.4, 0.5) is 0 Å². The summed E-state index contributed by atoms with van der Waals surface area (Å²) in [6.07, 6.45) is 5.22. The highest BCUT2D eigenvalue weighted by atomic mass is 32.1. The van der Waals surface area contributed by atoms with Crippen molar-refractivity contribution in [3.05, 3.63) is 22.4 Å². The summed E-state index contributed by atoms with van der Waals surface area (Å²) in [6.45, 7) is 5.89. The van der Waals surface area contributed by atoms with Gasteiger partial charge in [0.2, 0.25) is 0 Å². The van der Waals surface area contributed by atoms with Crippen LogP contribution in [0.25, 0.3) is 0 Å². The van der Waals surface area contributed by atoms with Crippen LogP contribution in [0, 0.1) is 0 Å². The van der Waals surface area contributed by atoms with Gasteiger partial charge in [-0.1, -0.05) is 12.5 Å². The highest BCUT2D eigenvalue weighted by molar-refractivity contribution is 7.09. The Kier molecular flexibility index (Phi) is 4.60. The molecule has 1 aliphatic heterocycles. The zero-order chi connectivity index (χ0) is 12.1. The van der Waals surface area contributed by atoms with Gasteiger partial charge in [-0.25, -0.2) is 0 Å². The van der Waals surface area contributed by atoms with E-state index in [2.05, 4.69) is 41.7 Å². The molecule has 1 aromatic heterocycles. The van der Waals surface area contributed by atoms with Gasteiger partial charge in [0, 0.05) is 23.5 Å². The van der Waals surface area contributed by atoms with E-state index in [4.69, 9.17) is 0 Å². The molecule has 1 fully saturated rings.